The van der Waals surface area contributed by atoms with Crippen molar-refractivity contribution in [3.05, 3.63) is 34.6 Å². The number of thioether (sulfide) groups is 2. The fourth-order valence-corrected chi connectivity index (χ4v) is 6.26. The van der Waals surface area contributed by atoms with Crippen LogP contribution in [0.4, 0.5) is 4.39 Å². The van der Waals surface area contributed by atoms with E-state index in [4.69, 9.17) is 11.6 Å². The summed E-state index contributed by atoms with van der Waals surface area (Å²) in [5.41, 5.74) is 1.11. The molecule has 0 radical (unpaired) electrons. The molecule has 3 atom stereocenters. The lowest BCUT2D eigenvalue weighted by Gasteiger charge is -2.36. The second-order valence-electron chi connectivity index (χ2n) is 5.27. The summed E-state index contributed by atoms with van der Waals surface area (Å²) in [5.74, 6) is 2.13. The molecule has 0 bridgehead atoms. The van der Waals surface area contributed by atoms with Crippen molar-refractivity contribution in [2.24, 2.45) is 0 Å². The fourth-order valence-electron chi connectivity index (χ4n) is 2.80. The van der Waals surface area contributed by atoms with Gasteiger partial charge in [0.15, 0.2) is 0 Å². The van der Waals surface area contributed by atoms with E-state index >= 15 is 0 Å². The van der Waals surface area contributed by atoms with Gasteiger partial charge in [-0.05, 0) is 37.1 Å². The summed E-state index contributed by atoms with van der Waals surface area (Å²) in [6, 6.07) is 5.51. The van der Waals surface area contributed by atoms with Crippen LogP contribution in [0.15, 0.2) is 18.2 Å². The third kappa shape index (κ3) is 4.78. The molecular weight excluding hydrogens is 325 g/mol. The lowest BCUT2D eigenvalue weighted by Crippen LogP contribution is -2.46. The van der Waals surface area contributed by atoms with Gasteiger partial charge in [-0.2, -0.15) is 23.5 Å². The average Bonchev–Trinajstić information content (AvgIpc) is 2.50. The Morgan fingerprint density at radius 3 is 2.76 bits per heavy atom. The Balaban J connectivity index is 2.11. The van der Waals surface area contributed by atoms with E-state index in [-0.39, 0.29) is 10.8 Å². The van der Waals surface area contributed by atoms with E-state index in [1.165, 1.54) is 24.0 Å². The Hall–Kier alpha value is 0.1000. The molecule has 1 nitrogen and oxygen atoms in total. The molecule has 0 spiro atoms. The van der Waals surface area contributed by atoms with Crippen LogP contribution in [0.1, 0.15) is 25.8 Å². The molecule has 1 fully saturated rings. The van der Waals surface area contributed by atoms with Crippen LogP contribution in [0.25, 0.3) is 0 Å². The summed E-state index contributed by atoms with van der Waals surface area (Å²) in [4.78, 5) is 0. The Morgan fingerprint density at radius 2 is 2.10 bits per heavy atom. The van der Waals surface area contributed by atoms with Crippen molar-refractivity contribution in [3.63, 3.8) is 0 Å². The highest BCUT2D eigenvalue weighted by Crippen LogP contribution is 2.36. The molecule has 1 aromatic carbocycles. The van der Waals surface area contributed by atoms with Crippen LogP contribution in [-0.4, -0.2) is 34.6 Å². The summed E-state index contributed by atoms with van der Waals surface area (Å²) in [6.45, 7) is 5.37. The zero-order chi connectivity index (χ0) is 15.2. The Labute approximate surface area is 140 Å². The second kappa shape index (κ2) is 8.66. The summed E-state index contributed by atoms with van der Waals surface area (Å²) in [5, 5.41) is 5.16. The van der Waals surface area contributed by atoms with E-state index in [1.807, 2.05) is 6.07 Å². The molecule has 1 heterocycles. The highest BCUT2D eigenvalue weighted by Gasteiger charge is 2.31. The number of likely N-dealkylation sites (N-methyl/N-ethyl adjacent to an activating group) is 1. The van der Waals surface area contributed by atoms with Crippen LogP contribution in [0.5, 0.6) is 0 Å². The van der Waals surface area contributed by atoms with Crippen molar-refractivity contribution in [1.29, 1.82) is 0 Å². The second-order valence-corrected chi connectivity index (χ2v) is 8.31. The normalized spacial score (nSPS) is 24.0. The molecule has 0 saturated carbocycles. The summed E-state index contributed by atoms with van der Waals surface area (Å²) < 4.78 is 13.3. The first-order valence-electron chi connectivity index (χ1n) is 7.56. The third-order valence-electron chi connectivity index (χ3n) is 3.80. The third-order valence-corrected chi connectivity index (χ3v) is 7.49. The van der Waals surface area contributed by atoms with E-state index in [9.17, 15) is 4.39 Å². The van der Waals surface area contributed by atoms with E-state index < -0.39 is 0 Å². The van der Waals surface area contributed by atoms with Crippen LogP contribution in [0.3, 0.4) is 0 Å². The first-order valence-corrected chi connectivity index (χ1v) is 10.0. The molecule has 1 aliphatic rings. The minimum atomic E-state index is -0.338. The van der Waals surface area contributed by atoms with Gasteiger partial charge in [0.2, 0.25) is 0 Å². The lowest BCUT2D eigenvalue weighted by atomic mass is 10.00. The molecule has 1 saturated heterocycles. The van der Waals surface area contributed by atoms with Gasteiger partial charge in [-0.1, -0.05) is 31.5 Å². The van der Waals surface area contributed by atoms with Gasteiger partial charge in [-0.25, -0.2) is 4.39 Å². The van der Waals surface area contributed by atoms with Gasteiger partial charge in [0, 0.05) is 28.0 Å². The summed E-state index contributed by atoms with van der Waals surface area (Å²) in [7, 11) is 0. The van der Waals surface area contributed by atoms with E-state index in [0.717, 1.165) is 18.5 Å². The van der Waals surface area contributed by atoms with Crippen LogP contribution in [0, 0.1) is 5.82 Å². The van der Waals surface area contributed by atoms with Crippen molar-refractivity contribution < 1.29 is 4.39 Å². The number of rotatable bonds is 6. The molecule has 118 valence electrons. The number of nitrogens with one attached hydrogen (secondary N) is 1. The minimum absolute atomic E-state index is 0.223. The topological polar surface area (TPSA) is 12.0 Å². The van der Waals surface area contributed by atoms with Crippen molar-refractivity contribution in [2.75, 3.05) is 18.1 Å². The van der Waals surface area contributed by atoms with E-state index in [0.29, 0.717) is 16.5 Å². The summed E-state index contributed by atoms with van der Waals surface area (Å²) in [6.07, 6.45) is 2.11. The van der Waals surface area contributed by atoms with E-state index in [1.54, 1.807) is 6.07 Å². The molecule has 1 N–H and O–H groups in total. The highest BCUT2D eigenvalue weighted by molar-refractivity contribution is 8.07. The predicted octanol–water partition coefficient (Wildman–Crippen LogP) is 4.63. The predicted molar refractivity (Wildman–Crippen MR) is 95.4 cm³/mol. The average molecular weight is 348 g/mol. The maximum atomic E-state index is 13.3. The highest BCUT2D eigenvalue weighted by atomic mass is 35.5. The molecular formula is C16H23ClFNS2. The van der Waals surface area contributed by atoms with Crippen molar-refractivity contribution in [3.8, 4) is 0 Å². The molecule has 1 aromatic rings. The van der Waals surface area contributed by atoms with Gasteiger partial charge in [0.25, 0.3) is 0 Å². The van der Waals surface area contributed by atoms with E-state index in [2.05, 4.69) is 42.7 Å². The zero-order valence-corrected chi connectivity index (χ0v) is 15.0. The monoisotopic (exact) mass is 347 g/mol. The lowest BCUT2D eigenvalue weighted by molar-refractivity contribution is 0.489. The SMILES string of the molecule is CCNC(Cc1ccc(F)c(Cl)c1)C1SCCSC1CC. The van der Waals surface area contributed by atoms with Gasteiger partial charge >= 0.3 is 0 Å². The van der Waals surface area contributed by atoms with Gasteiger partial charge in [-0.3, -0.25) is 0 Å². The van der Waals surface area contributed by atoms with Crippen LogP contribution < -0.4 is 5.32 Å². The number of hydrogen-bond donors (Lipinski definition) is 1. The largest absolute Gasteiger partial charge is 0.313 e. The first kappa shape index (κ1) is 17.5. The minimum Gasteiger partial charge on any atom is -0.313 e. The van der Waals surface area contributed by atoms with Crippen molar-refractivity contribution >= 4 is 35.1 Å². The molecule has 2 rings (SSSR count). The maximum Gasteiger partial charge on any atom is 0.141 e. The maximum absolute atomic E-state index is 13.3. The molecule has 5 heteroatoms. The number of hydrogen-bond acceptors (Lipinski definition) is 3. The molecule has 1 aliphatic heterocycles. The van der Waals surface area contributed by atoms with Crippen LogP contribution in [-0.2, 0) is 6.42 Å². The summed E-state index contributed by atoms with van der Waals surface area (Å²) >= 11 is 10.1. The van der Waals surface area contributed by atoms with Gasteiger partial charge in [-0.15, -0.1) is 0 Å². The quantitative estimate of drug-likeness (QED) is 0.806. The Morgan fingerprint density at radius 1 is 1.33 bits per heavy atom. The smallest absolute Gasteiger partial charge is 0.141 e. The van der Waals surface area contributed by atoms with Gasteiger partial charge in [0.1, 0.15) is 5.82 Å². The molecule has 21 heavy (non-hydrogen) atoms. The molecule has 0 aromatic heterocycles. The molecule has 3 unspecified atom stereocenters. The molecule has 0 aliphatic carbocycles. The zero-order valence-electron chi connectivity index (χ0n) is 12.6. The van der Waals surface area contributed by atoms with Gasteiger partial charge < -0.3 is 5.32 Å². The van der Waals surface area contributed by atoms with Gasteiger partial charge in [0.05, 0.1) is 5.02 Å². The van der Waals surface area contributed by atoms with Crippen molar-refractivity contribution in [2.45, 2.75) is 43.2 Å². The Bertz CT molecular complexity index is 458. The first-order chi connectivity index (χ1) is 10.2. The van der Waals surface area contributed by atoms with Crippen LogP contribution in [0.2, 0.25) is 5.02 Å². The number of benzene rings is 1. The fraction of sp³-hybridized carbons (Fsp3) is 0.625. The standard InChI is InChI=1S/C16H23ClFNS2/c1-3-15-16(21-8-7-20-15)14(19-4-2)10-11-5-6-13(18)12(17)9-11/h5-6,9,14-16,19H,3-4,7-8,10H2,1-2H3. The Kier molecular flexibility index (Phi) is 7.20. The molecule has 0 amide bonds. The van der Waals surface area contributed by atoms with Crippen LogP contribution >= 0.6 is 35.1 Å². The number of halogens is 2. The van der Waals surface area contributed by atoms with Crippen molar-refractivity contribution in [1.82, 2.24) is 5.32 Å².